The van der Waals surface area contributed by atoms with E-state index in [2.05, 4.69) is 10.9 Å². The standard InChI is InChI=1S/C49H49N3O8S/c53-31-13-32-57-42-25-23-41(24-26-42)47-51-49(46(60-47)40-18-9-3-10-19-40,29-33-61(55,56)43-20-11-4-12-21-43)48(54)52-50-30-28-37-22-27-44(58-35-38-14-5-1-6-15-38)45(34-37)59-36-39-16-7-2-8-17-39/h1-12,14-27,34,46,50,53H,13,28-33,35-36H2,(H,52,54)/t46-,49-/m0/s1. The van der Waals surface area contributed by atoms with Gasteiger partial charge in [-0.05, 0) is 77.2 Å². The number of benzene rings is 6. The fourth-order valence-electron chi connectivity index (χ4n) is 6.90. The van der Waals surface area contributed by atoms with Gasteiger partial charge in [0.2, 0.25) is 5.90 Å². The van der Waals surface area contributed by atoms with Crippen LogP contribution < -0.4 is 25.1 Å². The summed E-state index contributed by atoms with van der Waals surface area (Å²) < 4.78 is 52.2. The fourth-order valence-corrected chi connectivity index (χ4v) is 8.29. The van der Waals surface area contributed by atoms with Gasteiger partial charge in [-0.25, -0.2) is 18.8 Å². The molecule has 0 aliphatic carbocycles. The molecule has 0 radical (unpaired) electrons. The third-order valence-electron chi connectivity index (χ3n) is 10.2. The Labute approximate surface area is 356 Å². The Morgan fingerprint density at radius 1 is 0.705 bits per heavy atom. The number of aliphatic hydroxyl groups is 1. The van der Waals surface area contributed by atoms with E-state index in [0.717, 1.165) is 16.7 Å². The smallest absolute Gasteiger partial charge is 0.266 e. The maximum Gasteiger partial charge on any atom is 0.266 e. The van der Waals surface area contributed by atoms with Crippen LogP contribution in [0.5, 0.6) is 17.2 Å². The lowest BCUT2D eigenvalue weighted by molar-refractivity contribution is -0.130. The molecule has 0 aromatic heterocycles. The van der Waals surface area contributed by atoms with Crippen LogP contribution in [0.15, 0.2) is 174 Å². The molecule has 0 saturated carbocycles. The second-order valence-electron chi connectivity index (χ2n) is 14.5. The molecule has 0 bridgehead atoms. The third kappa shape index (κ3) is 11.2. The molecule has 0 unspecified atom stereocenters. The maximum absolute atomic E-state index is 14.7. The lowest BCUT2D eigenvalue weighted by atomic mass is 9.85. The molecule has 1 aliphatic heterocycles. The molecule has 3 N–H and O–H groups in total. The molecular formula is C49H49N3O8S. The molecule has 0 saturated heterocycles. The first-order valence-corrected chi connectivity index (χ1v) is 21.9. The Balaban J connectivity index is 1.11. The number of carbonyl (C=O) groups is 1. The predicted molar refractivity (Wildman–Crippen MR) is 234 cm³/mol. The number of aliphatic hydroxyl groups excluding tert-OH is 1. The lowest BCUT2D eigenvalue weighted by Gasteiger charge is -2.30. The van der Waals surface area contributed by atoms with Crippen LogP contribution in [-0.4, -0.2) is 56.4 Å². The summed E-state index contributed by atoms with van der Waals surface area (Å²) in [5.41, 5.74) is 8.51. The molecule has 0 spiro atoms. The Morgan fingerprint density at radius 3 is 1.95 bits per heavy atom. The van der Waals surface area contributed by atoms with Crippen molar-refractivity contribution in [2.75, 3.05) is 25.5 Å². The summed E-state index contributed by atoms with van der Waals surface area (Å²) in [6.07, 6.45) is -0.120. The topological polar surface area (TPSA) is 145 Å². The quantitative estimate of drug-likeness (QED) is 0.0494. The Bertz CT molecular complexity index is 2460. The van der Waals surface area contributed by atoms with Crippen LogP contribution in [0, 0.1) is 0 Å². The number of hydrogen-bond acceptors (Lipinski definition) is 10. The number of nitrogens with one attached hydrogen (secondary N) is 2. The first-order valence-electron chi connectivity index (χ1n) is 20.3. The van der Waals surface area contributed by atoms with E-state index in [4.69, 9.17) is 29.0 Å². The zero-order chi connectivity index (χ0) is 42.3. The van der Waals surface area contributed by atoms with E-state index < -0.39 is 27.4 Å². The van der Waals surface area contributed by atoms with Crippen LogP contribution >= 0.6 is 0 Å². The monoisotopic (exact) mass is 839 g/mol. The van der Waals surface area contributed by atoms with Crippen LogP contribution in [0.4, 0.5) is 0 Å². The van der Waals surface area contributed by atoms with E-state index in [1.165, 1.54) is 0 Å². The molecule has 7 rings (SSSR count). The summed E-state index contributed by atoms with van der Waals surface area (Å²) in [7, 11) is -3.82. The molecule has 314 valence electrons. The zero-order valence-corrected chi connectivity index (χ0v) is 34.5. The minimum absolute atomic E-state index is 0.0196. The minimum Gasteiger partial charge on any atom is -0.494 e. The summed E-state index contributed by atoms with van der Waals surface area (Å²) >= 11 is 0. The molecule has 6 aromatic carbocycles. The fraction of sp³-hybridized carbons (Fsp3) is 0.224. The summed E-state index contributed by atoms with van der Waals surface area (Å²) in [6.45, 7) is 1.45. The average molecular weight is 840 g/mol. The number of ether oxygens (including phenoxy) is 4. The molecule has 6 aromatic rings. The molecule has 1 heterocycles. The number of amides is 1. The largest absolute Gasteiger partial charge is 0.494 e. The normalized spacial score (nSPS) is 16.0. The van der Waals surface area contributed by atoms with Crippen LogP contribution in [0.2, 0.25) is 0 Å². The molecule has 12 heteroatoms. The van der Waals surface area contributed by atoms with Gasteiger partial charge in [0.1, 0.15) is 19.0 Å². The van der Waals surface area contributed by atoms with Gasteiger partial charge in [0.25, 0.3) is 5.91 Å². The van der Waals surface area contributed by atoms with Crippen LogP contribution in [0.25, 0.3) is 0 Å². The van der Waals surface area contributed by atoms with Gasteiger partial charge in [0.05, 0.1) is 17.3 Å². The first-order chi connectivity index (χ1) is 29.8. The second-order valence-corrected chi connectivity index (χ2v) is 16.7. The number of rotatable bonds is 21. The van der Waals surface area contributed by atoms with Crippen molar-refractivity contribution >= 4 is 21.6 Å². The number of hydrazine groups is 1. The van der Waals surface area contributed by atoms with E-state index in [1.807, 2.05) is 109 Å². The van der Waals surface area contributed by atoms with E-state index in [1.54, 1.807) is 54.6 Å². The van der Waals surface area contributed by atoms with Crippen molar-refractivity contribution in [1.82, 2.24) is 10.9 Å². The highest BCUT2D eigenvalue weighted by Crippen LogP contribution is 2.43. The maximum atomic E-state index is 14.7. The number of carbonyl (C=O) groups excluding carboxylic acids is 1. The zero-order valence-electron chi connectivity index (χ0n) is 33.7. The summed E-state index contributed by atoms with van der Waals surface area (Å²) in [4.78, 5) is 19.8. The van der Waals surface area contributed by atoms with Gasteiger partial charge < -0.3 is 24.1 Å². The number of sulfone groups is 1. The summed E-state index contributed by atoms with van der Waals surface area (Å²) in [6, 6.07) is 50.1. The summed E-state index contributed by atoms with van der Waals surface area (Å²) in [5.74, 6) is 1.10. The molecule has 0 fully saturated rings. The predicted octanol–water partition coefficient (Wildman–Crippen LogP) is 7.59. The van der Waals surface area contributed by atoms with Gasteiger partial charge in [0.15, 0.2) is 33.0 Å². The Morgan fingerprint density at radius 2 is 1.31 bits per heavy atom. The van der Waals surface area contributed by atoms with E-state index in [9.17, 15) is 13.2 Å². The van der Waals surface area contributed by atoms with Gasteiger partial charge in [-0.2, -0.15) is 0 Å². The first kappa shape index (κ1) is 42.6. The van der Waals surface area contributed by atoms with Crippen LogP contribution in [-0.2, 0) is 39.0 Å². The van der Waals surface area contributed by atoms with Gasteiger partial charge in [0, 0.05) is 31.6 Å². The number of hydrogen-bond donors (Lipinski definition) is 3. The van der Waals surface area contributed by atoms with Crippen molar-refractivity contribution in [3.63, 3.8) is 0 Å². The average Bonchev–Trinajstić information content (AvgIpc) is 3.71. The van der Waals surface area contributed by atoms with Crippen molar-refractivity contribution in [3.8, 4) is 17.2 Å². The number of aliphatic imine (C=N–C) groups is 1. The van der Waals surface area contributed by atoms with Crippen molar-refractivity contribution in [2.24, 2.45) is 4.99 Å². The molecule has 1 amide bonds. The highest BCUT2D eigenvalue weighted by molar-refractivity contribution is 7.91. The van der Waals surface area contributed by atoms with Crippen molar-refractivity contribution in [2.45, 2.75) is 49.0 Å². The molecule has 11 nitrogen and oxygen atoms in total. The second kappa shape index (κ2) is 20.7. The SMILES string of the molecule is O=C(NNCCc1ccc(OCc2ccccc2)c(OCc2ccccc2)c1)[C@@]1(CCS(=O)(=O)c2ccccc2)N=C(c2ccc(OCCCO)cc2)O[C@H]1c1ccccc1. The van der Waals surface area contributed by atoms with Crippen molar-refractivity contribution in [1.29, 1.82) is 0 Å². The summed E-state index contributed by atoms with van der Waals surface area (Å²) in [5, 5.41) is 9.15. The molecule has 61 heavy (non-hydrogen) atoms. The Hall–Kier alpha value is -6.47. The molecule has 1 aliphatic rings. The van der Waals surface area contributed by atoms with Crippen LogP contribution in [0.1, 0.15) is 46.8 Å². The highest BCUT2D eigenvalue weighted by atomic mass is 32.2. The van der Waals surface area contributed by atoms with Gasteiger partial charge in [-0.1, -0.05) is 115 Å². The lowest BCUT2D eigenvalue weighted by Crippen LogP contribution is -2.53. The van der Waals surface area contributed by atoms with E-state index in [0.29, 0.717) is 67.6 Å². The number of nitrogens with zero attached hydrogens (tertiary/aromatic N) is 1. The highest BCUT2D eigenvalue weighted by Gasteiger charge is 2.53. The Kier molecular flexibility index (Phi) is 14.5. The third-order valence-corrected chi connectivity index (χ3v) is 11.9. The molecule has 2 atom stereocenters. The van der Waals surface area contributed by atoms with Crippen molar-refractivity contribution < 1.29 is 37.3 Å². The molecular weight excluding hydrogens is 791 g/mol. The van der Waals surface area contributed by atoms with Gasteiger partial charge in [-0.15, -0.1) is 0 Å². The minimum atomic E-state index is -3.82. The van der Waals surface area contributed by atoms with Gasteiger partial charge >= 0.3 is 0 Å². The van der Waals surface area contributed by atoms with Crippen molar-refractivity contribution in [3.05, 3.63) is 192 Å². The van der Waals surface area contributed by atoms with E-state index in [-0.39, 0.29) is 29.6 Å². The van der Waals surface area contributed by atoms with Crippen LogP contribution in [0.3, 0.4) is 0 Å². The van der Waals surface area contributed by atoms with Gasteiger partial charge in [-0.3, -0.25) is 10.2 Å². The van der Waals surface area contributed by atoms with E-state index >= 15 is 0 Å².